The molecule has 20 heavy (non-hydrogen) atoms. The molecule has 0 aliphatic heterocycles. The summed E-state index contributed by atoms with van der Waals surface area (Å²) in [5, 5.41) is 22.0. The maximum atomic E-state index is 12.2. The fraction of sp³-hybridized carbons (Fsp3) is 0.429. The molecule has 0 bridgehead atoms. The lowest BCUT2D eigenvalue weighted by molar-refractivity contribution is -0.145. The minimum absolute atomic E-state index is 0.0105. The van der Waals surface area contributed by atoms with Crippen LogP contribution in [0.3, 0.4) is 0 Å². The molecule has 1 fully saturated rings. The topological polar surface area (TPSA) is 86.6 Å². The van der Waals surface area contributed by atoms with Crippen molar-refractivity contribution in [1.82, 2.24) is 5.32 Å². The van der Waals surface area contributed by atoms with Crippen LogP contribution in [0.1, 0.15) is 42.5 Å². The van der Waals surface area contributed by atoms with Crippen LogP contribution in [0, 0.1) is 0 Å². The predicted octanol–water partition coefficient (Wildman–Crippen LogP) is 2.56. The molecule has 0 saturated heterocycles. The van der Waals surface area contributed by atoms with Crippen LogP contribution in [-0.2, 0) is 4.79 Å². The van der Waals surface area contributed by atoms with Crippen LogP contribution in [0.4, 0.5) is 0 Å². The quantitative estimate of drug-likeness (QED) is 0.800. The minimum atomic E-state index is -1.25. The van der Waals surface area contributed by atoms with Gasteiger partial charge in [-0.2, -0.15) is 0 Å². The molecule has 6 heteroatoms. The number of hydrogen-bond acceptors (Lipinski definition) is 3. The summed E-state index contributed by atoms with van der Waals surface area (Å²) in [6.07, 6.45) is 3.28. The lowest BCUT2D eigenvalue weighted by atomic mass is 9.81. The van der Waals surface area contributed by atoms with Crippen molar-refractivity contribution in [3.8, 4) is 5.75 Å². The lowest BCUT2D eigenvalue weighted by Crippen LogP contribution is -2.55. The standard InChI is InChI=1S/C14H16ClNO4/c15-9-4-5-11(17)10(8-9)12(18)16-14(13(19)20)6-2-1-3-7-14/h4-5,8,17H,1-3,6-7H2,(H,16,18)(H,19,20). The van der Waals surface area contributed by atoms with Crippen LogP contribution in [0.15, 0.2) is 18.2 Å². The zero-order valence-electron chi connectivity index (χ0n) is 10.9. The molecule has 0 atom stereocenters. The van der Waals surface area contributed by atoms with Gasteiger partial charge in [0, 0.05) is 5.02 Å². The maximum absolute atomic E-state index is 12.2. The monoisotopic (exact) mass is 297 g/mol. The van der Waals surface area contributed by atoms with Gasteiger partial charge in [-0.15, -0.1) is 0 Å². The average molecular weight is 298 g/mol. The molecule has 1 aromatic carbocycles. The van der Waals surface area contributed by atoms with E-state index in [9.17, 15) is 19.8 Å². The first kappa shape index (κ1) is 14.7. The Morgan fingerprint density at radius 1 is 1.20 bits per heavy atom. The molecule has 1 aromatic rings. The van der Waals surface area contributed by atoms with Crippen molar-refractivity contribution in [2.45, 2.75) is 37.6 Å². The van der Waals surface area contributed by atoms with E-state index in [0.717, 1.165) is 19.3 Å². The SMILES string of the molecule is O=C(NC1(C(=O)O)CCCCC1)c1cc(Cl)ccc1O. The molecule has 0 unspecified atom stereocenters. The highest BCUT2D eigenvalue weighted by molar-refractivity contribution is 6.31. The number of amides is 1. The summed E-state index contributed by atoms with van der Waals surface area (Å²) in [6.45, 7) is 0. The Kier molecular flexibility index (Phi) is 4.18. The zero-order chi connectivity index (χ0) is 14.8. The smallest absolute Gasteiger partial charge is 0.329 e. The van der Waals surface area contributed by atoms with Gasteiger partial charge < -0.3 is 15.5 Å². The third-order valence-corrected chi connectivity index (χ3v) is 3.91. The van der Waals surface area contributed by atoms with Gasteiger partial charge in [0.1, 0.15) is 11.3 Å². The average Bonchev–Trinajstić information content (AvgIpc) is 2.42. The number of hydrogen-bond donors (Lipinski definition) is 3. The van der Waals surface area contributed by atoms with Gasteiger partial charge in [0.2, 0.25) is 0 Å². The molecule has 0 spiro atoms. The van der Waals surface area contributed by atoms with Crippen LogP contribution in [-0.4, -0.2) is 27.6 Å². The van der Waals surface area contributed by atoms with Gasteiger partial charge in [-0.3, -0.25) is 4.79 Å². The molecule has 1 aliphatic carbocycles. The number of nitrogens with one attached hydrogen (secondary N) is 1. The maximum Gasteiger partial charge on any atom is 0.329 e. The Morgan fingerprint density at radius 3 is 2.45 bits per heavy atom. The van der Waals surface area contributed by atoms with E-state index in [0.29, 0.717) is 17.9 Å². The predicted molar refractivity (Wildman–Crippen MR) is 74.0 cm³/mol. The van der Waals surface area contributed by atoms with E-state index < -0.39 is 17.4 Å². The second kappa shape index (κ2) is 5.71. The van der Waals surface area contributed by atoms with E-state index in [4.69, 9.17) is 11.6 Å². The summed E-state index contributed by atoms with van der Waals surface area (Å²) < 4.78 is 0. The largest absolute Gasteiger partial charge is 0.507 e. The van der Waals surface area contributed by atoms with Crippen molar-refractivity contribution in [3.05, 3.63) is 28.8 Å². The van der Waals surface area contributed by atoms with Crippen LogP contribution in [0.5, 0.6) is 5.75 Å². The number of carbonyl (C=O) groups is 2. The number of phenols is 1. The highest BCUT2D eigenvalue weighted by Gasteiger charge is 2.41. The second-order valence-corrected chi connectivity index (χ2v) is 5.50. The third kappa shape index (κ3) is 2.88. The van der Waals surface area contributed by atoms with Gasteiger partial charge >= 0.3 is 5.97 Å². The summed E-state index contributed by atoms with van der Waals surface area (Å²) in [5.74, 6) is -1.87. The van der Waals surface area contributed by atoms with Crippen molar-refractivity contribution in [3.63, 3.8) is 0 Å². The van der Waals surface area contributed by atoms with Crippen LogP contribution in [0.2, 0.25) is 5.02 Å². The fourth-order valence-electron chi connectivity index (χ4n) is 2.52. The lowest BCUT2D eigenvalue weighted by Gasteiger charge is -2.34. The van der Waals surface area contributed by atoms with Crippen LogP contribution < -0.4 is 5.32 Å². The number of rotatable bonds is 3. The molecule has 2 rings (SSSR count). The van der Waals surface area contributed by atoms with E-state index >= 15 is 0 Å². The third-order valence-electron chi connectivity index (χ3n) is 3.67. The molecule has 0 aromatic heterocycles. The molecular weight excluding hydrogens is 282 g/mol. The Balaban J connectivity index is 2.24. The van der Waals surface area contributed by atoms with Crippen molar-refractivity contribution < 1.29 is 19.8 Å². The van der Waals surface area contributed by atoms with Crippen LogP contribution in [0.25, 0.3) is 0 Å². The Morgan fingerprint density at radius 2 is 1.85 bits per heavy atom. The highest BCUT2D eigenvalue weighted by Crippen LogP contribution is 2.30. The van der Waals surface area contributed by atoms with E-state index in [1.54, 1.807) is 0 Å². The first-order valence-corrected chi connectivity index (χ1v) is 6.87. The highest BCUT2D eigenvalue weighted by atomic mass is 35.5. The summed E-state index contributed by atoms with van der Waals surface area (Å²) in [7, 11) is 0. The molecule has 1 aliphatic rings. The Labute approximate surface area is 121 Å². The Bertz CT molecular complexity index is 538. The summed E-state index contributed by atoms with van der Waals surface area (Å²) >= 11 is 5.79. The number of carboxylic acids is 1. The van der Waals surface area contributed by atoms with E-state index in [1.807, 2.05) is 0 Å². The van der Waals surface area contributed by atoms with Crippen LogP contribution >= 0.6 is 11.6 Å². The fourth-order valence-corrected chi connectivity index (χ4v) is 2.69. The molecule has 5 nitrogen and oxygen atoms in total. The summed E-state index contributed by atoms with van der Waals surface area (Å²) in [5.41, 5.74) is -1.26. The number of aliphatic carboxylic acids is 1. The number of halogens is 1. The van der Waals surface area contributed by atoms with Gasteiger partial charge in [0.15, 0.2) is 0 Å². The molecule has 0 heterocycles. The van der Waals surface area contributed by atoms with Crippen molar-refractivity contribution in [2.24, 2.45) is 0 Å². The number of phenolic OH excluding ortho intramolecular Hbond substituents is 1. The van der Waals surface area contributed by atoms with Crippen molar-refractivity contribution in [1.29, 1.82) is 0 Å². The molecule has 3 N–H and O–H groups in total. The first-order chi connectivity index (χ1) is 9.44. The normalized spacial score (nSPS) is 17.4. The molecule has 1 saturated carbocycles. The first-order valence-electron chi connectivity index (χ1n) is 6.49. The molecule has 108 valence electrons. The Hall–Kier alpha value is -1.75. The van der Waals surface area contributed by atoms with Gasteiger partial charge in [-0.25, -0.2) is 4.79 Å². The molecule has 0 radical (unpaired) electrons. The van der Waals surface area contributed by atoms with E-state index in [1.165, 1.54) is 18.2 Å². The second-order valence-electron chi connectivity index (χ2n) is 5.06. The molecule has 1 amide bonds. The number of carboxylic acid groups (broad SMARTS) is 1. The number of carbonyl (C=O) groups excluding carboxylic acids is 1. The van der Waals surface area contributed by atoms with Gasteiger partial charge in [0.05, 0.1) is 5.56 Å². The van der Waals surface area contributed by atoms with Gasteiger partial charge in [0.25, 0.3) is 5.91 Å². The number of aromatic hydroxyl groups is 1. The zero-order valence-corrected chi connectivity index (χ0v) is 11.6. The summed E-state index contributed by atoms with van der Waals surface area (Å²) in [4.78, 5) is 23.7. The number of benzene rings is 1. The van der Waals surface area contributed by atoms with Crippen molar-refractivity contribution >= 4 is 23.5 Å². The van der Waals surface area contributed by atoms with E-state index in [2.05, 4.69) is 5.32 Å². The van der Waals surface area contributed by atoms with Gasteiger partial charge in [-0.05, 0) is 31.0 Å². The van der Waals surface area contributed by atoms with E-state index in [-0.39, 0.29) is 11.3 Å². The minimum Gasteiger partial charge on any atom is -0.507 e. The summed E-state index contributed by atoms with van der Waals surface area (Å²) in [6, 6.07) is 4.09. The molecular formula is C14H16ClNO4. The van der Waals surface area contributed by atoms with Crippen molar-refractivity contribution in [2.75, 3.05) is 0 Å². The van der Waals surface area contributed by atoms with Gasteiger partial charge in [-0.1, -0.05) is 30.9 Å².